The van der Waals surface area contributed by atoms with Crippen molar-refractivity contribution in [2.75, 3.05) is 13.2 Å². The lowest BCUT2D eigenvalue weighted by Gasteiger charge is -2.12. The fourth-order valence-corrected chi connectivity index (χ4v) is 3.52. The first-order valence-corrected chi connectivity index (χ1v) is 8.12. The van der Waals surface area contributed by atoms with Crippen LogP contribution in [0.3, 0.4) is 0 Å². The standard InChI is InChI=1S/C14H12BrClO2S/c15-13-7-10(8-19-13)14(16)9-2-3-11-12(6-9)18-5-1-4-17-11/h2-3,6-8,14H,1,4-5H2. The monoisotopic (exact) mass is 358 g/mol. The molecule has 1 aromatic heterocycles. The number of hydrogen-bond donors (Lipinski definition) is 0. The van der Waals surface area contributed by atoms with Gasteiger partial charge in [0.15, 0.2) is 11.5 Å². The molecule has 1 aliphatic heterocycles. The largest absolute Gasteiger partial charge is 0.490 e. The molecule has 0 amide bonds. The van der Waals surface area contributed by atoms with Crippen molar-refractivity contribution in [3.05, 3.63) is 44.6 Å². The summed E-state index contributed by atoms with van der Waals surface area (Å²) in [5, 5.41) is 1.89. The van der Waals surface area contributed by atoms with Gasteiger partial charge in [-0.15, -0.1) is 22.9 Å². The fraction of sp³-hybridized carbons (Fsp3) is 0.286. The molecule has 1 aromatic carbocycles. The first kappa shape index (κ1) is 13.3. The molecule has 0 radical (unpaired) electrons. The van der Waals surface area contributed by atoms with Gasteiger partial charge in [-0.25, -0.2) is 0 Å². The molecule has 2 nitrogen and oxygen atoms in total. The molecule has 1 aliphatic rings. The van der Waals surface area contributed by atoms with Crippen molar-refractivity contribution < 1.29 is 9.47 Å². The van der Waals surface area contributed by atoms with Crippen LogP contribution in [-0.4, -0.2) is 13.2 Å². The van der Waals surface area contributed by atoms with Crippen LogP contribution in [-0.2, 0) is 0 Å². The molecule has 0 saturated carbocycles. The van der Waals surface area contributed by atoms with E-state index in [-0.39, 0.29) is 5.38 Å². The number of fused-ring (bicyclic) bond motifs is 1. The zero-order valence-corrected chi connectivity index (χ0v) is 13.2. The van der Waals surface area contributed by atoms with Crippen LogP contribution in [0.5, 0.6) is 11.5 Å². The van der Waals surface area contributed by atoms with Gasteiger partial charge in [-0.2, -0.15) is 0 Å². The summed E-state index contributed by atoms with van der Waals surface area (Å²) in [7, 11) is 0. The van der Waals surface area contributed by atoms with Crippen LogP contribution < -0.4 is 9.47 Å². The topological polar surface area (TPSA) is 18.5 Å². The molecule has 2 aromatic rings. The molecule has 3 rings (SSSR count). The van der Waals surface area contributed by atoms with Gasteiger partial charge in [0.2, 0.25) is 0 Å². The highest BCUT2D eigenvalue weighted by molar-refractivity contribution is 9.11. The smallest absolute Gasteiger partial charge is 0.161 e. The lowest BCUT2D eigenvalue weighted by Crippen LogP contribution is -1.97. The van der Waals surface area contributed by atoms with E-state index >= 15 is 0 Å². The molecular weight excluding hydrogens is 348 g/mol. The minimum Gasteiger partial charge on any atom is -0.490 e. The van der Waals surface area contributed by atoms with Gasteiger partial charge >= 0.3 is 0 Å². The Bertz CT molecular complexity index is 585. The van der Waals surface area contributed by atoms with Gasteiger partial charge in [-0.05, 0) is 50.6 Å². The summed E-state index contributed by atoms with van der Waals surface area (Å²) in [4.78, 5) is 0. The zero-order valence-electron chi connectivity index (χ0n) is 10.1. The summed E-state index contributed by atoms with van der Waals surface area (Å²) in [6, 6.07) is 7.96. The van der Waals surface area contributed by atoms with Gasteiger partial charge in [0, 0.05) is 6.42 Å². The second-order valence-electron chi connectivity index (χ2n) is 4.30. The summed E-state index contributed by atoms with van der Waals surface area (Å²) < 4.78 is 12.4. The third kappa shape index (κ3) is 2.91. The van der Waals surface area contributed by atoms with Gasteiger partial charge in [0.05, 0.1) is 22.4 Å². The van der Waals surface area contributed by atoms with E-state index in [0.717, 1.165) is 32.8 Å². The second kappa shape index (κ2) is 5.73. The van der Waals surface area contributed by atoms with Gasteiger partial charge in [0.1, 0.15) is 0 Å². The van der Waals surface area contributed by atoms with Crippen LogP contribution in [0.1, 0.15) is 22.9 Å². The number of thiophene rings is 1. The Balaban J connectivity index is 1.91. The van der Waals surface area contributed by atoms with E-state index in [1.807, 2.05) is 24.3 Å². The number of halogens is 2. The lowest BCUT2D eigenvalue weighted by molar-refractivity contribution is 0.297. The lowest BCUT2D eigenvalue weighted by atomic mass is 10.1. The number of rotatable bonds is 2. The van der Waals surface area contributed by atoms with Crippen LogP contribution in [0, 0.1) is 0 Å². The average molecular weight is 360 g/mol. The van der Waals surface area contributed by atoms with E-state index in [1.165, 1.54) is 0 Å². The third-order valence-corrected chi connectivity index (χ3v) is 4.97. The van der Waals surface area contributed by atoms with E-state index in [2.05, 4.69) is 21.3 Å². The van der Waals surface area contributed by atoms with Crippen molar-refractivity contribution in [2.45, 2.75) is 11.8 Å². The maximum atomic E-state index is 6.52. The van der Waals surface area contributed by atoms with Gasteiger partial charge in [0.25, 0.3) is 0 Å². The van der Waals surface area contributed by atoms with Crippen LogP contribution in [0.15, 0.2) is 33.4 Å². The predicted molar refractivity (Wildman–Crippen MR) is 81.8 cm³/mol. The van der Waals surface area contributed by atoms with Crippen molar-refractivity contribution in [2.24, 2.45) is 0 Å². The Morgan fingerprint density at radius 3 is 2.63 bits per heavy atom. The third-order valence-electron chi connectivity index (χ3n) is 2.94. The molecule has 5 heteroatoms. The molecule has 1 unspecified atom stereocenters. The highest BCUT2D eigenvalue weighted by atomic mass is 79.9. The molecule has 0 spiro atoms. The van der Waals surface area contributed by atoms with Gasteiger partial charge < -0.3 is 9.47 Å². The van der Waals surface area contributed by atoms with Gasteiger partial charge in [-0.1, -0.05) is 6.07 Å². The molecule has 1 atom stereocenters. The predicted octanol–water partition coefficient (Wildman–Crippen LogP) is 5.00. The Kier molecular flexibility index (Phi) is 4.01. The Labute approximate surface area is 129 Å². The van der Waals surface area contributed by atoms with Crippen LogP contribution in [0.25, 0.3) is 0 Å². The minimum absolute atomic E-state index is 0.167. The molecule has 0 fully saturated rings. The summed E-state index contributed by atoms with van der Waals surface area (Å²) in [6.45, 7) is 1.39. The van der Waals surface area contributed by atoms with E-state index in [9.17, 15) is 0 Å². The maximum Gasteiger partial charge on any atom is 0.161 e. The molecule has 0 aliphatic carbocycles. The van der Waals surface area contributed by atoms with Crippen LogP contribution in [0.2, 0.25) is 0 Å². The van der Waals surface area contributed by atoms with Crippen LogP contribution >= 0.6 is 38.9 Å². The first-order chi connectivity index (χ1) is 9.24. The van der Waals surface area contributed by atoms with Crippen LogP contribution in [0.4, 0.5) is 0 Å². The summed E-state index contributed by atoms with van der Waals surface area (Å²) >= 11 is 11.6. The van der Waals surface area contributed by atoms with Crippen molar-refractivity contribution in [3.8, 4) is 11.5 Å². The fourth-order valence-electron chi connectivity index (χ4n) is 1.99. The van der Waals surface area contributed by atoms with E-state index in [1.54, 1.807) is 11.3 Å². The average Bonchev–Trinajstić information content (AvgIpc) is 2.72. The molecule has 19 heavy (non-hydrogen) atoms. The van der Waals surface area contributed by atoms with Crippen molar-refractivity contribution in [3.63, 3.8) is 0 Å². The first-order valence-electron chi connectivity index (χ1n) is 6.01. The zero-order chi connectivity index (χ0) is 13.2. The van der Waals surface area contributed by atoms with Crippen molar-refractivity contribution in [1.82, 2.24) is 0 Å². The number of alkyl halides is 1. The highest BCUT2D eigenvalue weighted by Crippen LogP contribution is 2.38. The molecule has 2 heterocycles. The molecule has 0 N–H and O–H groups in total. The Hall–Kier alpha value is -0.710. The highest BCUT2D eigenvalue weighted by Gasteiger charge is 2.17. The van der Waals surface area contributed by atoms with Crippen molar-refractivity contribution >= 4 is 38.9 Å². The summed E-state index contributed by atoms with van der Waals surface area (Å²) in [6.07, 6.45) is 0.909. The number of ether oxygens (including phenoxy) is 2. The van der Waals surface area contributed by atoms with E-state index < -0.39 is 0 Å². The summed E-state index contributed by atoms with van der Waals surface area (Å²) in [5.74, 6) is 1.59. The molecule has 0 bridgehead atoms. The molecular formula is C14H12BrClO2S. The maximum absolute atomic E-state index is 6.52. The molecule has 0 saturated heterocycles. The Morgan fingerprint density at radius 2 is 1.89 bits per heavy atom. The van der Waals surface area contributed by atoms with E-state index in [4.69, 9.17) is 21.1 Å². The number of hydrogen-bond acceptors (Lipinski definition) is 3. The number of benzene rings is 1. The minimum atomic E-state index is -0.167. The Morgan fingerprint density at radius 1 is 1.11 bits per heavy atom. The quantitative estimate of drug-likeness (QED) is 0.702. The van der Waals surface area contributed by atoms with E-state index in [0.29, 0.717) is 13.2 Å². The second-order valence-corrected chi connectivity index (χ2v) is 7.03. The SMILES string of the molecule is ClC(c1csc(Br)c1)c1ccc2c(c1)OCCCO2. The van der Waals surface area contributed by atoms with Gasteiger partial charge in [-0.3, -0.25) is 0 Å². The van der Waals surface area contributed by atoms with Crippen molar-refractivity contribution in [1.29, 1.82) is 0 Å². The summed E-state index contributed by atoms with van der Waals surface area (Å²) in [5.41, 5.74) is 2.12. The normalized spacial score (nSPS) is 15.9. The molecule has 100 valence electrons.